The van der Waals surface area contributed by atoms with Crippen LogP contribution in [0.5, 0.6) is 0 Å². The summed E-state index contributed by atoms with van der Waals surface area (Å²) in [5.41, 5.74) is 8.09. The Balaban J connectivity index is 1.57. The number of anilines is 2. The van der Waals surface area contributed by atoms with Gasteiger partial charge in [-0.15, -0.1) is 0 Å². The third kappa shape index (κ3) is 5.12. The molecule has 160 valence electrons. The quantitative estimate of drug-likeness (QED) is 0.687. The zero-order valence-corrected chi connectivity index (χ0v) is 18.2. The molecule has 2 heterocycles. The number of hydrogen-bond donors (Lipinski definition) is 2. The standard InChI is InChI=1S/C22H24N6O2S/c1-28(2)10-11-30-17-12-14(16-8-9-24-22(23)26-16)13-18-19(17)27-21(31-18)20(29)25-15-6-4-3-5-7-15/h3-9,12-13,18-19H,10-11H2,1-2H3,(H,25,29)(H2,23,24,26). The molecule has 2 aliphatic rings. The van der Waals surface area contributed by atoms with E-state index in [-0.39, 0.29) is 23.1 Å². The summed E-state index contributed by atoms with van der Waals surface area (Å²) >= 11 is 1.42. The van der Waals surface area contributed by atoms with Gasteiger partial charge in [-0.05, 0) is 38.4 Å². The van der Waals surface area contributed by atoms with Crippen LogP contribution in [0.15, 0.2) is 65.5 Å². The van der Waals surface area contributed by atoms with E-state index in [1.165, 1.54) is 11.8 Å². The van der Waals surface area contributed by atoms with E-state index in [9.17, 15) is 4.79 Å². The van der Waals surface area contributed by atoms with Gasteiger partial charge >= 0.3 is 0 Å². The van der Waals surface area contributed by atoms with E-state index >= 15 is 0 Å². The Morgan fingerprint density at radius 1 is 1.26 bits per heavy atom. The summed E-state index contributed by atoms with van der Waals surface area (Å²) in [4.78, 5) is 27.8. The van der Waals surface area contributed by atoms with Crippen LogP contribution in [-0.2, 0) is 9.53 Å². The number of rotatable bonds is 7. The molecule has 0 spiro atoms. The number of aliphatic imine (C=N–C) groups is 1. The highest BCUT2D eigenvalue weighted by Crippen LogP contribution is 2.39. The minimum atomic E-state index is -0.258. The van der Waals surface area contributed by atoms with Crippen molar-refractivity contribution in [2.75, 3.05) is 38.3 Å². The second kappa shape index (κ2) is 9.32. The number of nitrogens with zero attached hydrogens (tertiary/aromatic N) is 4. The van der Waals surface area contributed by atoms with Crippen molar-refractivity contribution in [3.05, 3.63) is 66.2 Å². The normalized spacial score (nSPS) is 19.9. The first-order valence-corrected chi connectivity index (χ1v) is 10.8. The van der Waals surface area contributed by atoms with Gasteiger partial charge in [0.25, 0.3) is 5.91 Å². The van der Waals surface area contributed by atoms with Gasteiger partial charge < -0.3 is 20.7 Å². The highest BCUT2D eigenvalue weighted by atomic mass is 32.2. The molecule has 1 amide bonds. The van der Waals surface area contributed by atoms with Crippen LogP contribution in [0.1, 0.15) is 5.69 Å². The third-order valence-electron chi connectivity index (χ3n) is 4.75. The fourth-order valence-corrected chi connectivity index (χ4v) is 4.35. The number of aromatic nitrogens is 2. The Bertz CT molecular complexity index is 1050. The molecule has 1 aliphatic heterocycles. The van der Waals surface area contributed by atoms with Gasteiger partial charge in [0.05, 0.1) is 10.9 Å². The number of carbonyl (C=O) groups is 1. The lowest BCUT2D eigenvalue weighted by atomic mass is 9.98. The first-order valence-electron chi connectivity index (χ1n) is 9.90. The maximum absolute atomic E-state index is 12.8. The second-order valence-electron chi connectivity index (χ2n) is 7.40. The number of fused-ring (bicyclic) bond motifs is 1. The predicted molar refractivity (Wildman–Crippen MR) is 125 cm³/mol. The van der Waals surface area contributed by atoms with Gasteiger partial charge in [0.15, 0.2) is 5.04 Å². The molecule has 31 heavy (non-hydrogen) atoms. The SMILES string of the molecule is CN(C)CCOC1=CC(c2ccnc(N)n2)=CC2SC(C(=O)Nc3ccccc3)=NC12. The molecule has 3 N–H and O–H groups in total. The summed E-state index contributed by atoms with van der Waals surface area (Å²) in [5.74, 6) is 0.707. The molecule has 2 atom stereocenters. The second-order valence-corrected chi connectivity index (χ2v) is 8.57. The highest BCUT2D eigenvalue weighted by Gasteiger charge is 2.38. The Morgan fingerprint density at radius 2 is 2.06 bits per heavy atom. The summed E-state index contributed by atoms with van der Waals surface area (Å²) < 4.78 is 6.09. The van der Waals surface area contributed by atoms with Crippen molar-refractivity contribution in [1.82, 2.24) is 14.9 Å². The van der Waals surface area contributed by atoms with Crippen LogP contribution in [0, 0.1) is 0 Å². The van der Waals surface area contributed by atoms with E-state index in [1.54, 1.807) is 12.3 Å². The molecule has 0 fully saturated rings. The molecule has 1 aromatic heterocycles. The van der Waals surface area contributed by atoms with Crippen molar-refractivity contribution in [3.8, 4) is 0 Å². The average molecular weight is 437 g/mol. The lowest BCUT2D eigenvalue weighted by Crippen LogP contribution is -2.26. The molecule has 8 nitrogen and oxygen atoms in total. The number of ether oxygens (including phenoxy) is 1. The summed E-state index contributed by atoms with van der Waals surface area (Å²) in [5, 5.41) is 3.27. The van der Waals surface area contributed by atoms with Crippen LogP contribution < -0.4 is 11.1 Å². The molecule has 1 aliphatic carbocycles. The summed E-state index contributed by atoms with van der Waals surface area (Å²) in [6.45, 7) is 1.29. The number of amides is 1. The molecule has 0 saturated heterocycles. The highest BCUT2D eigenvalue weighted by molar-refractivity contribution is 8.16. The third-order valence-corrected chi connectivity index (χ3v) is 5.93. The van der Waals surface area contributed by atoms with Crippen LogP contribution in [0.3, 0.4) is 0 Å². The van der Waals surface area contributed by atoms with Crippen molar-refractivity contribution >= 4 is 39.9 Å². The number of likely N-dealkylation sites (N-methyl/N-ethyl adjacent to an activating group) is 1. The topological polar surface area (TPSA) is 106 Å². The Kier molecular flexibility index (Phi) is 6.34. The summed E-state index contributed by atoms with van der Waals surface area (Å²) in [7, 11) is 3.98. The first-order chi connectivity index (χ1) is 15.0. The van der Waals surface area contributed by atoms with Gasteiger partial charge in [0.2, 0.25) is 5.95 Å². The Hall–Kier alpha value is -3.17. The van der Waals surface area contributed by atoms with E-state index in [1.807, 2.05) is 55.4 Å². The van der Waals surface area contributed by atoms with E-state index in [0.717, 1.165) is 23.6 Å². The molecular weight excluding hydrogens is 412 g/mol. The van der Waals surface area contributed by atoms with Crippen molar-refractivity contribution in [3.63, 3.8) is 0 Å². The number of hydrogen-bond acceptors (Lipinski definition) is 8. The molecule has 9 heteroatoms. The zero-order chi connectivity index (χ0) is 21.8. The largest absolute Gasteiger partial charge is 0.494 e. The maximum Gasteiger partial charge on any atom is 0.280 e. The number of nitrogen functional groups attached to an aromatic ring is 1. The van der Waals surface area contributed by atoms with Gasteiger partial charge in [-0.3, -0.25) is 9.79 Å². The average Bonchev–Trinajstić information content (AvgIpc) is 3.19. The van der Waals surface area contributed by atoms with Crippen molar-refractivity contribution in [2.45, 2.75) is 11.3 Å². The molecule has 0 radical (unpaired) electrons. The number of nitrogens with two attached hydrogens (primary N) is 1. The molecule has 4 rings (SSSR count). The van der Waals surface area contributed by atoms with Gasteiger partial charge in [0.1, 0.15) is 18.4 Å². The number of carbonyl (C=O) groups excluding carboxylic acids is 1. The number of thioether (sulfide) groups is 1. The summed E-state index contributed by atoms with van der Waals surface area (Å²) in [6.07, 6.45) is 5.62. The molecular formula is C22H24N6O2S. The van der Waals surface area contributed by atoms with E-state index < -0.39 is 0 Å². The minimum absolute atomic E-state index is 0.0675. The molecule has 2 aromatic rings. The van der Waals surface area contributed by atoms with Gasteiger partial charge in [-0.1, -0.05) is 36.0 Å². The van der Waals surface area contributed by atoms with Crippen molar-refractivity contribution < 1.29 is 9.53 Å². The number of allylic oxidation sites excluding steroid dienone is 2. The van der Waals surface area contributed by atoms with Crippen LogP contribution in [0.2, 0.25) is 0 Å². The van der Waals surface area contributed by atoms with Crippen LogP contribution in [0.25, 0.3) is 5.57 Å². The van der Waals surface area contributed by atoms with Gasteiger partial charge in [-0.2, -0.15) is 0 Å². The van der Waals surface area contributed by atoms with Crippen molar-refractivity contribution in [2.24, 2.45) is 4.99 Å². The van der Waals surface area contributed by atoms with Gasteiger partial charge in [0, 0.05) is 24.0 Å². The van der Waals surface area contributed by atoms with Crippen LogP contribution in [-0.4, -0.2) is 64.4 Å². The number of benzene rings is 1. The minimum Gasteiger partial charge on any atom is -0.494 e. The molecule has 0 bridgehead atoms. The molecule has 2 unspecified atom stereocenters. The van der Waals surface area contributed by atoms with Crippen LogP contribution >= 0.6 is 11.8 Å². The Morgan fingerprint density at radius 3 is 2.81 bits per heavy atom. The van der Waals surface area contributed by atoms with Crippen LogP contribution in [0.4, 0.5) is 11.6 Å². The first kappa shape index (κ1) is 21.1. The predicted octanol–water partition coefficient (Wildman–Crippen LogP) is 2.44. The number of para-hydroxylation sites is 1. The zero-order valence-electron chi connectivity index (χ0n) is 17.4. The van der Waals surface area contributed by atoms with E-state index in [2.05, 4.69) is 26.4 Å². The lowest BCUT2D eigenvalue weighted by Gasteiger charge is -2.24. The maximum atomic E-state index is 12.8. The van der Waals surface area contributed by atoms with Crippen molar-refractivity contribution in [1.29, 1.82) is 0 Å². The molecule has 1 aromatic carbocycles. The lowest BCUT2D eigenvalue weighted by molar-refractivity contribution is -0.110. The summed E-state index contributed by atoms with van der Waals surface area (Å²) in [6, 6.07) is 10.9. The molecule has 0 saturated carbocycles. The van der Waals surface area contributed by atoms with E-state index in [0.29, 0.717) is 17.3 Å². The Labute approximate surface area is 185 Å². The monoisotopic (exact) mass is 436 g/mol. The smallest absolute Gasteiger partial charge is 0.280 e. The van der Waals surface area contributed by atoms with E-state index in [4.69, 9.17) is 10.5 Å². The number of nitrogens with one attached hydrogen (secondary N) is 1. The fourth-order valence-electron chi connectivity index (χ4n) is 3.22. The fraction of sp³-hybridized carbons (Fsp3) is 0.273. The van der Waals surface area contributed by atoms with Gasteiger partial charge in [-0.25, -0.2) is 9.97 Å².